The zero-order chi connectivity index (χ0) is 23.8. The second-order valence-electron chi connectivity index (χ2n) is 9.63. The molecule has 2 aliphatic heterocycles. The number of piperidine rings is 1. The van der Waals surface area contributed by atoms with Crippen molar-refractivity contribution < 1.29 is 0 Å². The second kappa shape index (κ2) is 9.61. The molecule has 0 bridgehead atoms. The van der Waals surface area contributed by atoms with Crippen LogP contribution in [-0.2, 0) is 6.54 Å². The molecule has 6 heteroatoms. The van der Waals surface area contributed by atoms with Gasteiger partial charge in [0.2, 0.25) is 0 Å². The Balaban J connectivity index is 0.00000126. The highest BCUT2D eigenvalue weighted by Gasteiger charge is 2.56. The third kappa shape index (κ3) is 4.03. The zero-order valence-corrected chi connectivity index (χ0v) is 21.4. The maximum atomic E-state index is 6.46. The molecule has 2 N–H and O–H groups in total. The van der Waals surface area contributed by atoms with E-state index in [0.717, 1.165) is 42.9 Å². The minimum atomic E-state index is 0.213. The van der Waals surface area contributed by atoms with Crippen molar-refractivity contribution in [2.24, 2.45) is 11.3 Å². The molecule has 5 nitrogen and oxygen atoms in total. The Morgan fingerprint density at radius 3 is 2.61 bits per heavy atom. The van der Waals surface area contributed by atoms with E-state index in [4.69, 9.17) is 29.0 Å². The summed E-state index contributed by atoms with van der Waals surface area (Å²) < 4.78 is 1.71. The Morgan fingerprint density at radius 1 is 1.21 bits per heavy atom. The van der Waals surface area contributed by atoms with Gasteiger partial charge in [0.1, 0.15) is 5.82 Å². The van der Waals surface area contributed by atoms with Crippen LogP contribution in [0.2, 0.25) is 5.02 Å². The van der Waals surface area contributed by atoms with Crippen LogP contribution < -0.4 is 5.84 Å². The Hall–Kier alpha value is -2.14. The highest BCUT2D eigenvalue weighted by Crippen LogP contribution is 2.58. The second-order valence-corrected chi connectivity index (χ2v) is 10.1. The first-order valence-corrected chi connectivity index (χ1v) is 13.1. The predicted octanol–water partition coefficient (Wildman–Crippen LogP) is 6.32. The maximum absolute atomic E-state index is 6.46. The first-order chi connectivity index (χ1) is 15.9. The summed E-state index contributed by atoms with van der Waals surface area (Å²) in [6.45, 7) is 18.1. The van der Waals surface area contributed by atoms with Gasteiger partial charge in [-0.3, -0.25) is 0 Å². The minimum Gasteiger partial charge on any atom is -0.375 e. The number of imidazole rings is 1. The van der Waals surface area contributed by atoms with Gasteiger partial charge < -0.3 is 15.6 Å². The molecule has 1 aliphatic carbocycles. The topological polar surface area (TPSA) is 50.3 Å². The fourth-order valence-electron chi connectivity index (χ4n) is 6.53. The lowest BCUT2D eigenvalue weighted by atomic mass is 9.64. The number of likely N-dealkylation sites (tertiary alicyclic amines) is 2. The molecule has 3 heterocycles. The van der Waals surface area contributed by atoms with E-state index in [0.29, 0.717) is 17.0 Å². The summed E-state index contributed by atoms with van der Waals surface area (Å²) in [6, 6.07) is 6.27. The van der Waals surface area contributed by atoms with Crippen LogP contribution in [0, 0.1) is 11.3 Å². The predicted molar refractivity (Wildman–Crippen MR) is 139 cm³/mol. The smallest absolute Gasteiger partial charge is 0.147 e. The van der Waals surface area contributed by atoms with Crippen molar-refractivity contribution in [3.05, 3.63) is 53.6 Å². The van der Waals surface area contributed by atoms with Gasteiger partial charge >= 0.3 is 0 Å². The number of nitrogens with two attached hydrogens (primary N) is 1. The molecule has 2 unspecified atom stereocenters. The maximum Gasteiger partial charge on any atom is 0.147 e. The quantitative estimate of drug-likeness (QED) is 0.532. The molecule has 1 aromatic carbocycles. The third-order valence-corrected chi connectivity index (χ3v) is 8.54. The fourth-order valence-corrected chi connectivity index (χ4v) is 6.69. The number of nitrogen functional groups attached to an aromatic ring is 1. The van der Waals surface area contributed by atoms with Gasteiger partial charge in [0.05, 0.1) is 17.6 Å². The molecule has 0 amide bonds. The van der Waals surface area contributed by atoms with Crippen molar-refractivity contribution in [2.75, 3.05) is 18.9 Å². The lowest BCUT2D eigenvalue weighted by molar-refractivity contribution is 0.0873. The first kappa shape index (κ1) is 24.0. The summed E-state index contributed by atoms with van der Waals surface area (Å²) in [6.07, 6.45) is 8.58. The largest absolute Gasteiger partial charge is 0.375 e. The average molecular weight is 470 g/mol. The highest BCUT2D eigenvalue weighted by atomic mass is 35.5. The number of nitrogens with zero attached hydrogens (tertiary/aromatic N) is 4. The monoisotopic (exact) mass is 469 g/mol. The van der Waals surface area contributed by atoms with Crippen LogP contribution in [0.15, 0.2) is 42.8 Å². The summed E-state index contributed by atoms with van der Waals surface area (Å²) in [4.78, 5) is 9.89. The minimum absolute atomic E-state index is 0.213. The Bertz CT molecular complexity index is 1020. The molecule has 1 spiro atoms. The third-order valence-electron chi connectivity index (χ3n) is 8.31. The van der Waals surface area contributed by atoms with Crippen LogP contribution in [0.5, 0.6) is 0 Å². The van der Waals surface area contributed by atoms with Crippen LogP contribution >= 0.6 is 11.6 Å². The van der Waals surface area contributed by atoms with Gasteiger partial charge in [-0.25, -0.2) is 9.66 Å². The molecular weight excluding hydrogens is 430 g/mol. The molecule has 3 aliphatic rings. The number of hydrogen-bond donors (Lipinski definition) is 1. The number of aromatic nitrogens is 2. The number of hydrogen-bond acceptors (Lipinski definition) is 4. The first-order valence-electron chi connectivity index (χ1n) is 12.8. The normalized spacial score (nSPS) is 24.1. The molecule has 3 fully saturated rings. The number of allylic oxidation sites excluding steroid dienone is 2. The summed E-state index contributed by atoms with van der Waals surface area (Å²) in [7, 11) is 0. The average Bonchev–Trinajstić information content (AvgIpc) is 3.28. The molecule has 180 valence electrons. The number of halogens is 1. The van der Waals surface area contributed by atoms with Crippen LogP contribution in [0.4, 0.5) is 0 Å². The van der Waals surface area contributed by atoms with Crippen molar-refractivity contribution in [2.45, 2.75) is 78.3 Å². The van der Waals surface area contributed by atoms with E-state index in [9.17, 15) is 0 Å². The molecule has 2 aromatic rings. The standard InChI is InChI=1S/C25H34ClN5.C2H6/c1-4-17(2)29-13-11-25(12-14-29)18(3)30(22-8-6-5-7-20(22)25)16-24-28-21-10-9-19(26)15-23(21)31(24)27;1-2/h9-10,15,20,22H,2-8,11-14,16,27H2,1H3;1-2H3. The molecule has 2 atom stereocenters. The summed E-state index contributed by atoms with van der Waals surface area (Å²) in [5, 5.41) is 0.683. The fraction of sp³-hybridized carbons (Fsp3) is 0.593. The van der Waals surface area contributed by atoms with Crippen molar-refractivity contribution in [3.63, 3.8) is 0 Å². The van der Waals surface area contributed by atoms with Crippen molar-refractivity contribution in [3.8, 4) is 0 Å². The van der Waals surface area contributed by atoms with E-state index >= 15 is 0 Å². The van der Waals surface area contributed by atoms with Gasteiger partial charge in [-0.1, -0.05) is 58.4 Å². The van der Waals surface area contributed by atoms with Gasteiger partial charge in [0.25, 0.3) is 0 Å². The van der Waals surface area contributed by atoms with Crippen molar-refractivity contribution in [1.82, 2.24) is 19.5 Å². The van der Waals surface area contributed by atoms with Crippen LogP contribution in [-0.4, -0.2) is 38.6 Å². The Labute approximate surface area is 204 Å². The summed E-state index contributed by atoms with van der Waals surface area (Å²) in [5.74, 6) is 8.04. The van der Waals surface area contributed by atoms with Gasteiger partial charge in [-0.2, -0.15) is 0 Å². The van der Waals surface area contributed by atoms with Crippen molar-refractivity contribution >= 4 is 22.6 Å². The number of rotatable bonds is 4. The van der Waals surface area contributed by atoms with Crippen LogP contribution in [0.1, 0.15) is 71.5 Å². The number of fused-ring (bicyclic) bond motifs is 3. The molecule has 1 saturated carbocycles. The summed E-state index contributed by atoms with van der Waals surface area (Å²) in [5.41, 5.74) is 4.58. The molecule has 33 heavy (non-hydrogen) atoms. The van der Waals surface area contributed by atoms with E-state index in [2.05, 4.69) is 23.3 Å². The molecule has 0 radical (unpaired) electrons. The van der Waals surface area contributed by atoms with Crippen LogP contribution in [0.3, 0.4) is 0 Å². The lowest BCUT2D eigenvalue weighted by Gasteiger charge is -2.45. The molecule has 2 saturated heterocycles. The van der Waals surface area contributed by atoms with Gasteiger partial charge in [0.15, 0.2) is 0 Å². The van der Waals surface area contributed by atoms with Crippen molar-refractivity contribution in [1.29, 1.82) is 0 Å². The summed E-state index contributed by atoms with van der Waals surface area (Å²) >= 11 is 6.19. The van der Waals surface area contributed by atoms with E-state index < -0.39 is 0 Å². The molecule has 5 rings (SSSR count). The van der Waals surface area contributed by atoms with E-state index in [1.165, 1.54) is 49.9 Å². The van der Waals surface area contributed by atoms with Gasteiger partial charge in [0, 0.05) is 41.0 Å². The molecular formula is C27H40ClN5. The van der Waals surface area contributed by atoms with Gasteiger partial charge in [-0.05, 0) is 56.2 Å². The SMILES string of the molecule is C=C(CC)N1CCC2(CC1)C(=C)N(Cc1nc3ccc(Cl)cc3n1N)C1CCCCC12.CC. The lowest BCUT2D eigenvalue weighted by Crippen LogP contribution is -2.44. The Kier molecular flexibility index (Phi) is 6.99. The van der Waals surface area contributed by atoms with Crippen LogP contribution in [0.25, 0.3) is 11.0 Å². The highest BCUT2D eigenvalue weighted by molar-refractivity contribution is 6.31. The van der Waals surface area contributed by atoms with E-state index in [1.807, 2.05) is 32.0 Å². The Morgan fingerprint density at radius 2 is 1.91 bits per heavy atom. The zero-order valence-electron chi connectivity index (χ0n) is 20.6. The van der Waals surface area contributed by atoms with Gasteiger partial charge in [-0.15, -0.1) is 0 Å². The van der Waals surface area contributed by atoms with E-state index in [1.54, 1.807) is 4.68 Å². The number of benzene rings is 1. The van der Waals surface area contributed by atoms with E-state index in [-0.39, 0.29) is 5.41 Å². The molecule has 1 aromatic heterocycles.